The molecule has 0 bridgehead atoms. The summed E-state index contributed by atoms with van der Waals surface area (Å²) in [6, 6.07) is 0. The van der Waals surface area contributed by atoms with Crippen LogP contribution in [0.3, 0.4) is 0 Å². The van der Waals surface area contributed by atoms with Crippen LogP contribution in [0.25, 0.3) is 0 Å². The second kappa shape index (κ2) is 16.2. The van der Waals surface area contributed by atoms with Crippen molar-refractivity contribution < 1.29 is 98.1 Å². The maximum Gasteiger partial charge on any atom is 0.0692 e. The van der Waals surface area contributed by atoms with Gasteiger partial charge in [-0.15, -0.1) is 0 Å². The van der Waals surface area contributed by atoms with Crippen molar-refractivity contribution in [3.63, 3.8) is 0 Å². The van der Waals surface area contributed by atoms with E-state index in [1.165, 1.54) is 0 Å². The van der Waals surface area contributed by atoms with Crippen LogP contribution in [0.2, 0.25) is 5.82 Å². The van der Waals surface area contributed by atoms with Crippen LogP contribution in [0.5, 0.6) is 0 Å². The molecule has 0 aromatic rings. The Morgan fingerprint density at radius 1 is 1.00 bits per heavy atom. The first-order chi connectivity index (χ1) is 1.73. The van der Waals surface area contributed by atoms with Crippen LogP contribution in [0, 0.1) is 0 Å². The number of hydrogen-bond acceptors (Lipinski definition) is 0. The molecule has 0 nitrogen and oxygen atoms in total. The van der Waals surface area contributed by atoms with Gasteiger partial charge in [-0.1, -0.05) is 19.7 Å². The molecule has 0 fully saturated rings. The molecule has 0 rings (SSSR count). The minimum atomic E-state index is 0. The van der Waals surface area contributed by atoms with Crippen LogP contribution in [-0.2, 0) is 98.1 Å². The molecule has 0 heterocycles. The van der Waals surface area contributed by atoms with Gasteiger partial charge in [0.05, 0.1) is 7.85 Å². The van der Waals surface area contributed by atoms with Gasteiger partial charge in [-0.25, -0.2) is 0 Å². The van der Waals surface area contributed by atoms with Crippen molar-refractivity contribution in [1.29, 1.82) is 0 Å². The molecule has 0 N–H and O–H groups in total. The average molecular weight is 321 g/mol. The molecule has 7 heavy (non-hydrogen) atoms. The van der Waals surface area contributed by atoms with Crippen molar-refractivity contribution in [2.75, 3.05) is 0 Å². The molecular formula is C3H7BY3. The first kappa shape index (κ1) is 22.4. The molecule has 31 valence electrons. The van der Waals surface area contributed by atoms with Crippen molar-refractivity contribution in [2.24, 2.45) is 0 Å². The van der Waals surface area contributed by atoms with Crippen LogP contribution in [0.15, 0.2) is 0 Å². The average Bonchev–Trinajstić information content (AvgIpc) is 0.811. The van der Waals surface area contributed by atoms with Gasteiger partial charge in [0.1, 0.15) is 0 Å². The van der Waals surface area contributed by atoms with E-state index < -0.39 is 0 Å². The molecule has 0 aromatic heterocycles. The van der Waals surface area contributed by atoms with E-state index in [2.05, 4.69) is 0 Å². The predicted molar refractivity (Wildman–Crippen MR) is 20.9 cm³/mol. The van der Waals surface area contributed by atoms with E-state index in [-0.39, 0.29) is 98.1 Å². The van der Waals surface area contributed by atoms with Crippen LogP contribution >= 0.6 is 0 Å². The third kappa shape index (κ3) is 44.8. The summed E-state index contributed by atoms with van der Waals surface area (Å²) < 4.78 is 0. The van der Waals surface area contributed by atoms with E-state index in [4.69, 9.17) is 7.85 Å². The molecule has 0 saturated carbocycles. The van der Waals surface area contributed by atoms with Gasteiger partial charge >= 0.3 is 0 Å². The summed E-state index contributed by atoms with van der Waals surface area (Å²) in [5.41, 5.74) is 0. The molecular weight excluding hydrogens is 314 g/mol. The largest absolute Gasteiger partial charge is 0.0829 e. The SMILES string of the molecule is [B]C(C)C.[Y].[Y].[Y]. The smallest absolute Gasteiger partial charge is 0.0692 e. The minimum absolute atomic E-state index is 0. The van der Waals surface area contributed by atoms with E-state index in [1.54, 1.807) is 0 Å². The second-order valence-electron chi connectivity index (χ2n) is 1.24. The first-order valence-electron chi connectivity index (χ1n) is 1.49. The molecule has 0 amide bonds. The zero-order chi connectivity index (χ0) is 3.58. The molecule has 0 aliphatic heterocycles. The summed E-state index contributed by atoms with van der Waals surface area (Å²) in [6.07, 6.45) is 0. The molecule has 0 aliphatic rings. The maximum absolute atomic E-state index is 5.11. The van der Waals surface area contributed by atoms with Crippen molar-refractivity contribution in [2.45, 2.75) is 19.7 Å². The Labute approximate surface area is 123 Å². The molecule has 0 saturated heterocycles. The van der Waals surface area contributed by atoms with E-state index in [9.17, 15) is 0 Å². The fourth-order valence-electron chi connectivity index (χ4n) is 0. The van der Waals surface area contributed by atoms with Gasteiger partial charge < -0.3 is 0 Å². The monoisotopic (exact) mass is 321 g/mol. The molecule has 0 aromatic carbocycles. The topological polar surface area (TPSA) is 0 Å². The minimum Gasteiger partial charge on any atom is -0.0829 e. The normalized spacial score (nSPS) is 5.00. The summed E-state index contributed by atoms with van der Waals surface area (Å²) in [7, 11) is 5.11. The summed E-state index contributed by atoms with van der Waals surface area (Å²) in [5.74, 6) is 0.333. The third-order valence-electron chi connectivity index (χ3n) is 0. The molecule has 0 aliphatic carbocycles. The zero-order valence-electron chi connectivity index (χ0n) is 4.89. The van der Waals surface area contributed by atoms with Crippen molar-refractivity contribution >= 4 is 7.85 Å². The molecule has 0 atom stereocenters. The molecule has 5 radical (unpaired) electrons. The van der Waals surface area contributed by atoms with Gasteiger partial charge in [-0.2, -0.15) is 0 Å². The van der Waals surface area contributed by atoms with Crippen LogP contribution in [0.4, 0.5) is 0 Å². The van der Waals surface area contributed by atoms with Gasteiger partial charge in [-0.05, 0) is 0 Å². The van der Waals surface area contributed by atoms with E-state index in [0.29, 0.717) is 5.82 Å². The second-order valence-corrected chi connectivity index (χ2v) is 1.24. The zero-order valence-corrected chi connectivity index (χ0v) is 13.4. The summed E-state index contributed by atoms with van der Waals surface area (Å²) in [5, 5.41) is 0. The number of hydrogen-bond donors (Lipinski definition) is 0. The van der Waals surface area contributed by atoms with E-state index in [0.717, 1.165) is 0 Å². The summed E-state index contributed by atoms with van der Waals surface area (Å²) in [6.45, 7) is 3.89. The van der Waals surface area contributed by atoms with Gasteiger partial charge in [-0.3, -0.25) is 0 Å². The quantitative estimate of drug-likeness (QED) is 0.584. The Kier molecular flexibility index (Phi) is 51.9. The first-order valence-corrected chi connectivity index (χ1v) is 1.49. The van der Waals surface area contributed by atoms with Crippen molar-refractivity contribution in [3.05, 3.63) is 0 Å². The van der Waals surface area contributed by atoms with E-state index >= 15 is 0 Å². The van der Waals surface area contributed by atoms with Crippen LogP contribution in [-0.4, -0.2) is 7.85 Å². The molecule has 4 heteroatoms. The Hall–Kier alpha value is 3.38. The molecule has 0 unspecified atom stereocenters. The standard InChI is InChI=1S/C3H7B.3Y/c1-3(2)4;;;/h3H,1-2H3;;;. The van der Waals surface area contributed by atoms with Gasteiger partial charge in [0.2, 0.25) is 0 Å². The predicted octanol–water partition coefficient (Wildman–Crippen LogP) is 0.976. The van der Waals surface area contributed by atoms with Crippen molar-refractivity contribution in [1.82, 2.24) is 0 Å². The van der Waals surface area contributed by atoms with E-state index in [1.807, 2.05) is 13.8 Å². The maximum atomic E-state index is 5.11. The van der Waals surface area contributed by atoms with Crippen molar-refractivity contribution in [3.8, 4) is 0 Å². The molecule has 0 spiro atoms. The van der Waals surface area contributed by atoms with Gasteiger partial charge in [0, 0.05) is 98.1 Å². The van der Waals surface area contributed by atoms with Crippen LogP contribution < -0.4 is 0 Å². The van der Waals surface area contributed by atoms with Crippen LogP contribution in [0.1, 0.15) is 13.8 Å². The number of rotatable bonds is 0. The third-order valence-corrected chi connectivity index (χ3v) is 0. The Balaban J connectivity index is -0.0000000150. The summed E-state index contributed by atoms with van der Waals surface area (Å²) >= 11 is 0. The summed E-state index contributed by atoms with van der Waals surface area (Å²) in [4.78, 5) is 0. The Bertz CT molecular complexity index is 14.9. The Morgan fingerprint density at radius 2 is 1.00 bits per heavy atom. The fourth-order valence-corrected chi connectivity index (χ4v) is 0. The fraction of sp³-hybridized carbons (Fsp3) is 1.00. The van der Waals surface area contributed by atoms with Gasteiger partial charge in [0.25, 0.3) is 0 Å². The Morgan fingerprint density at radius 3 is 1.00 bits per heavy atom. The van der Waals surface area contributed by atoms with Gasteiger partial charge in [0.15, 0.2) is 0 Å².